The number of rotatable bonds is 4. The number of carbonyl (C=O) groups is 2. The van der Waals surface area contributed by atoms with Crippen LogP contribution in [0.1, 0.15) is 38.3 Å². The van der Waals surface area contributed by atoms with E-state index in [-0.39, 0.29) is 18.4 Å². The highest BCUT2D eigenvalue weighted by Gasteiger charge is 2.30. The molecule has 0 aliphatic carbocycles. The minimum Gasteiger partial charge on any atom is -0.443 e. The van der Waals surface area contributed by atoms with E-state index in [9.17, 15) is 22.8 Å². The van der Waals surface area contributed by atoms with Gasteiger partial charge in [0.25, 0.3) is 0 Å². The third kappa shape index (κ3) is 7.09. The number of amides is 2. The van der Waals surface area contributed by atoms with Crippen molar-refractivity contribution in [3.05, 3.63) is 35.4 Å². The molecule has 2 rings (SSSR count). The van der Waals surface area contributed by atoms with Gasteiger partial charge in [-0.3, -0.25) is 10.2 Å². The average Bonchev–Trinajstić information content (AvgIpc) is 2.91. The number of nitrogens with zero attached hydrogens (tertiary/aromatic N) is 1. The van der Waals surface area contributed by atoms with Gasteiger partial charge in [-0.15, -0.1) is 0 Å². The molecular formula is C18H24F3N3O3. The van der Waals surface area contributed by atoms with E-state index >= 15 is 0 Å². The highest BCUT2D eigenvalue weighted by molar-refractivity contribution is 5.79. The van der Waals surface area contributed by atoms with Gasteiger partial charge in [-0.1, -0.05) is 12.1 Å². The minimum atomic E-state index is -4.39. The molecule has 1 aliphatic rings. The molecule has 0 aromatic heterocycles. The van der Waals surface area contributed by atoms with Crippen molar-refractivity contribution in [3.63, 3.8) is 0 Å². The zero-order chi connectivity index (χ0) is 20.2. The molecule has 27 heavy (non-hydrogen) atoms. The van der Waals surface area contributed by atoms with Crippen LogP contribution < -0.4 is 10.7 Å². The van der Waals surface area contributed by atoms with E-state index in [1.807, 2.05) is 0 Å². The van der Waals surface area contributed by atoms with Crippen LogP contribution in [0.5, 0.6) is 0 Å². The van der Waals surface area contributed by atoms with Gasteiger partial charge in [0.15, 0.2) is 0 Å². The second-order valence-corrected chi connectivity index (χ2v) is 7.48. The van der Waals surface area contributed by atoms with Crippen LogP contribution in [0.3, 0.4) is 0 Å². The summed E-state index contributed by atoms with van der Waals surface area (Å²) in [4.78, 5) is 23.8. The SMILES string of the molecule is CC(C)(C)OC(=O)NN1CC[C@@H](NC(=O)Cc2ccc(C(F)(F)F)cc2)C1. The first-order valence-electron chi connectivity index (χ1n) is 8.62. The van der Waals surface area contributed by atoms with Crippen LogP contribution in [0.4, 0.5) is 18.0 Å². The smallest absolute Gasteiger partial charge is 0.422 e. The molecule has 0 bridgehead atoms. The van der Waals surface area contributed by atoms with Gasteiger partial charge in [-0.05, 0) is 44.9 Å². The number of hydrogen-bond acceptors (Lipinski definition) is 4. The monoisotopic (exact) mass is 387 g/mol. The Morgan fingerprint density at radius 2 is 1.81 bits per heavy atom. The molecule has 1 aromatic rings. The van der Waals surface area contributed by atoms with Crippen LogP contribution in [0.25, 0.3) is 0 Å². The number of alkyl halides is 3. The van der Waals surface area contributed by atoms with Gasteiger partial charge in [-0.2, -0.15) is 13.2 Å². The summed E-state index contributed by atoms with van der Waals surface area (Å²) < 4.78 is 42.8. The first-order chi connectivity index (χ1) is 12.4. The van der Waals surface area contributed by atoms with E-state index in [0.29, 0.717) is 25.1 Å². The molecule has 6 nitrogen and oxygen atoms in total. The maximum absolute atomic E-state index is 12.5. The van der Waals surface area contributed by atoms with Crippen molar-refractivity contribution in [1.82, 2.24) is 15.8 Å². The first-order valence-corrected chi connectivity index (χ1v) is 8.62. The van der Waals surface area contributed by atoms with Crippen LogP contribution in [0.2, 0.25) is 0 Å². The topological polar surface area (TPSA) is 70.7 Å². The number of hydrazine groups is 1. The minimum absolute atomic E-state index is 0.00582. The second-order valence-electron chi connectivity index (χ2n) is 7.48. The fraction of sp³-hybridized carbons (Fsp3) is 0.556. The van der Waals surface area contributed by atoms with Crippen molar-refractivity contribution in [3.8, 4) is 0 Å². The molecule has 0 unspecified atom stereocenters. The van der Waals surface area contributed by atoms with Gasteiger partial charge in [0.2, 0.25) is 5.91 Å². The van der Waals surface area contributed by atoms with E-state index in [1.165, 1.54) is 12.1 Å². The highest BCUT2D eigenvalue weighted by atomic mass is 19.4. The molecule has 9 heteroatoms. The quantitative estimate of drug-likeness (QED) is 0.834. The lowest BCUT2D eigenvalue weighted by Gasteiger charge is -2.23. The standard InChI is InChI=1S/C18H24F3N3O3/c1-17(2,3)27-16(26)23-24-9-8-14(11-24)22-15(25)10-12-4-6-13(7-5-12)18(19,20)21/h4-7,14H,8-11H2,1-3H3,(H,22,25)(H,23,26)/t14-/m1/s1. The zero-order valence-corrected chi connectivity index (χ0v) is 15.5. The molecule has 150 valence electrons. The third-order valence-electron chi connectivity index (χ3n) is 3.85. The summed E-state index contributed by atoms with van der Waals surface area (Å²) >= 11 is 0. The molecule has 1 heterocycles. The molecular weight excluding hydrogens is 363 g/mol. The molecule has 2 N–H and O–H groups in total. The highest BCUT2D eigenvalue weighted by Crippen LogP contribution is 2.29. The molecule has 1 atom stereocenters. The Hall–Kier alpha value is -2.29. The van der Waals surface area contributed by atoms with Crippen LogP contribution in [-0.4, -0.2) is 41.7 Å². The summed E-state index contributed by atoms with van der Waals surface area (Å²) in [5, 5.41) is 4.49. The molecule has 1 fully saturated rings. The maximum Gasteiger partial charge on any atom is 0.422 e. The number of nitrogens with one attached hydrogen (secondary N) is 2. The molecule has 1 aromatic carbocycles. The van der Waals surface area contributed by atoms with Crippen molar-refractivity contribution in [2.24, 2.45) is 0 Å². The molecule has 1 saturated heterocycles. The van der Waals surface area contributed by atoms with Crippen molar-refractivity contribution >= 4 is 12.0 Å². The van der Waals surface area contributed by atoms with Crippen LogP contribution in [-0.2, 0) is 22.1 Å². The Balaban J connectivity index is 1.77. The lowest BCUT2D eigenvalue weighted by molar-refractivity contribution is -0.137. The Bertz CT molecular complexity index is 669. The Morgan fingerprint density at radius 3 is 2.37 bits per heavy atom. The number of benzene rings is 1. The van der Waals surface area contributed by atoms with Crippen molar-refractivity contribution in [2.75, 3.05) is 13.1 Å². The van der Waals surface area contributed by atoms with Crippen LogP contribution in [0.15, 0.2) is 24.3 Å². The summed E-state index contributed by atoms with van der Waals surface area (Å²) in [6.07, 6.45) is -4.31. The van der Waals surface area contributed by atoms with E-state index < -0.39 is 23.4 Å². The number of hydrogen-bond donors (Lipinski definition) is 2. The summed E-state index contributed by atoms with van der Waals surface area (Å²) in [5.74, 6) is -0.279. The number of ether oxygens (including phenoxy) is 1. The summed E-state index contributed by atoms with van der Waals surface area (Å²) in [6, 6.07) is 4.37. The molecule has 1 aliphatic heterocycles. The summed E-state index contributed by atoms with van der Waals surface area (Å²) in [7, 11) is 0. The van der Waals surface area contributed by atoms with Crippen LogP contribution >= 0.6 is 0 Å². The molecule has 0 radical (unpaired) electrons. The second kappa shape index (κ2) is 8.16. The zero-order valence-electron chi connectivity index (χ0n) is 15.5. The third-order valence-corrected chi connectivity index (χ3v) is 3.85. The number of halogens is 3. The van der Waals surface area contributed by atoms with Gasteiger partial charge in [0.1, 0.15) is 5.60 Å². The largest absolute Gasteiger partial charge is 0.443 e. The number of carbonyl (C=O) groups excluding carboxylic acids is 2. The van der Waals surface area contributed by atoms with Gasteiger partial charge >= 0.3 is 12.3 Å². The molecule has 0 spiro atoms. The van der Waals surface area contributed by atoms with Gasteiger partial charge in [0.05, 0.1) is 12.0 Å². The normalized spacial score (nSPS) is 18.2. The van der Waals surface area contributed by atoms with Gasteiger partial charge < -0.3 is 10.1 Å². The Morgan fingerprint density at radius 1 is 1.19 bits per heavy atom. The average molecular weight is 387 g/mol. The van der Waals surface area contributed by atoms with E-state index in [1.54, 1.807) is 25.8 Å². The summed E-state index contributed by atoms with van der Waals surface area (Å²) in [5.41, 5.74) is 1.78. The Labute approximate surface area is 156 Å². The van der Waals surface area contributed by atoms with E-state index in [0.717, 1.165) is 12.1 Å². The van der Waals surface area contributed by atoms with Crippen LogP contribution in [0, 0.1) is 0 Å². The van der Waals surface area contributed by atoms with Gasteiger partial charge in [0, 0.05) is 19.1 Å². The predicted octanol–water partition coefficient (Wildman–Crippen LogP) is 2.88. The predicted molar refractivity (Wildman–Crippen MR) is 92.6 cm³/mol. The van der Waals surface area contributed by atoms with E-state index in [4.69, 9.17) is 4.74 Å². The fourth-order valence-electron chi connectivity index (χ4n) is 2.69. The van der Waals surface area contributed by atoms with Crippen molar-refractivity contribution < 1.29 is 27.5 Å². The van der Waals surface area contributed by atoms with E-state index in [2.05, 4.69) is 10.7 Å². The Kier molecular flexibility index (Phi) is 6.35. The maximum atomic E-state index is 12.5. The first kappa shape index (κ1) is 21.0. The summed E-state index contributed by atoms with van der Waals surface area (Å²) in [6.45, 7) is 6.28. The molecule has 0 saturated carbocycles. The lowest BCUT2D eigenvalue weighted by Crippen LogP contribution is -2.45. The fourth-order valence-corrected chi connectivity index (χ4v) is 2.69. The van der Waals surface area contributed by atoms with Gasteiger partial charge in [-0.25, -0.2) is 9.80 Å². The van der Waals surface area contributed by atoms with Crippen molar-refractivity contribution in [1.29, 1.82) is 0 Å². The lowest BCUT2D eigenvalue weighted by atomic mass is 10.1. The van der Waals surface area contributed by atoms with Crippen molar-refractivity contribution in [2.45, 2.75) is 51.4 Å². The molecule has 2 amide bonds.